The molecule has 0 heterocycles. The van der Waals surface area contributed by atoms with Crippen molar-refractivity contribution in [1.82, 2.24) is 5.32 Å². The molecule has 2 aromatic rings. The molecule has 0 aliphatic carbocycles. The summed E-state index contributed by atoms with van der Waals surface area (Å²) in [5.41, 5.74) is 2.37. The number of rotatable bonds is 11. The molecule has 8 nitrogen and oxygen atoms in total. The molecular weight excluding hydrogens is 384 g/mol. The van der Waals surface area contributed by atoms with Crippen molar-refractivity contribution in [2.45, 2.75) is 19.8 Å². The van der Waals surface area contributed by atoms with E-state index in [1.54, 1.807) is 55.6 Å². The Kier molecular flexibility index (Phi) is 9.33. The highest BCUT2D eigenvalue weighted by Crippen LogP contribution is 2.16. The van der Waals surface area contributed by atoms with Crippen LogP contribution in [0.1, 0.15) is 30.1 Å². The summed E-state index contributed by atoms with van der Waals surface area (Å²) in [5.74, 6) is -0.516. The molecular formula is C22H28N4O4. The third-order valence-electron chi connectivity index (χ3n) is 4.08. The number of ether oxygens (including phenoxy) is 1. The predicted octanol–water partition coefficient (Wildman–Crippen LogP) is 2.85. The lowest BCUT2D eigenvalue weighted by Crippen LogP contribution is -2.27. The average Bonchev–Trinajstić information content (AvgIpc) is 2.73. The van der Waals surface area contributed by atoms with E-state index in [0.29, 0.717) is 42.2 Å². The average molecular weight is 412 g/mol. The molecule has 0 aromatic heterocycles. The third kappa shape index (κ3) is 7.92. The second-order valence-corrected chi connectivity index (χ2v) is 6.61. The minimum atomic E-state index is -0.248. The molecule has 30 heavy (non-hydrogen) atoms. The van der Waals surface area contributed by atoms with Gasteiger partial charge in [-0.15, -0.1) is 0 Å². The van der Waals surface area contributed by atoms with Crippen LogP contribution in [0.15, 0.2) is 48.5 Å². The summed E-state index contributed by atoms with van der Waals surface area (Å²) in [4.78, 5) is 36.1. The third-order valence-corrected chi connectivity index (χ3v) is 4.08. The quantitative estimate of drug-likeness (QED) is 0.425. The van der Waals surface area contributed by atoms with E-state index in [1.807, 2.05) is 6.92 Å². The van der Waals surface area contributed by atoms with Crippen LogP contribution < -0.4 is 21.3 Å². The molecule has 0 aliphatic heterocycles. The van der Waals surface area contributed by atoms with Gasteiger partial charge in [0.15, 0.2) is 0 Å². The van der Waals surface area contributed by atoms with Gasteiger partial charge in [-0.3, -0.25) is 14.4 Å². The number of anilines is 3. The van der Waals surface area contributed by atoms with Gasteiger partial charge in [-0.05, 0) is 42.8 Å². The van der Waals surface area contributed by atoms with Gasteiger partial charge in [-0.25, -0.2) is 0 Å². The molecule has 0 aliphatic rings. The summed E-state index contributed by atoms with van der Waals surface area (Å²) < 4.78 is 4.91. The number of carbonyl (C=O) groups is 3. The van der Waals surface area contributed by atoms with Gasteiger partial charge in [-0.1, -0.05) is 19.1 Å². The van der Waals surface area contributed by atoms with Crippen LogP contribution in [-0.4, -0.2) is 44.5 Å². The Balaban J connectivity index is 1.87. The van der Waals surface area contributed by atoms with Crippen molar-refractivity contribution >= 4 is 34.8 Å². The fourth-order valence-electron chi connectivity index (χ4n) is 2.65. The summed E-state index contributed by atoms with van der Waals surface area (Å²) in [5, 5.41) is 11.3. The molecule has 0 spiro atoms. The van der Waals surface area contributed by atoms with Crippen molar-refractivity contribution in [3.05, 3.63) is 54.1 Å². The summed E-state index contributed by atoms with van der Waals surface area (Å²) in [6.45, 7) is 2.83. The van der Waals surface area contributed by atoms with Gasteiger partial charge >= 0.3 is 0 Å². The van der Waals surface area contributed by atoms with Crippen LogP contribution in [0.5, 0.6) is 0 Å². The number of carbonyl (C=O) groups excluding carboxylic acids is 3. The smallest absolute Gasteiger partial charge is 0.251 e. The highest BCUT2D eigenvalue weighted by atomic mass is 16.5. The summed E-state index contributed by atoms with van der Waals surface area (Å²) in [7, 11) is 1.57. The summed E-state index contributed by atoms with van der Waals surface area (Å²) in [6.07, 6.45) is 1.22. The van der Waals surface area contributed by atoms with E-state index in [0.717, 1.165) is 6.42 Å². The van der Waals surface area contributed by atoms with Crippen molar-refractivity contribution in [3.63, 3.8) is 0 Å². The Morgan fingerprint density at radius 2 is 1.57 bits per heavy atom. The molecule has 4 N–H and O–H groups in total. The zero-order valence-electron chi connectivity index (χ0n) is 17.3. The number of methoxy groups -OCH3 is 1. The molecule has 0 fully saturated rings. The monoisotopic (exact) mass is 412 g/mol. The van der Waals surface area contributed by atoms with Crippen LogP contribution in [0.2, 0.25) is 0 Å². The number of benzene rings is 2. The van der Waals surface area contributed by atoms with Crippen LogP contribution in [0.3, 0.4) is 0 Å². The lowest BCUT2D eigenvalue weighted by molar-refractivity contribution is -0.116. The first-order chi connectivity index (χ1) is 14.5. The number of hydrogen-bond acceptors (Lipinski definition) is 5. The molecule has 8 heteroatoms. The Morgan fingerprint density at radius 1 is 0.900 bits per heavy atom. The molecule has 2 rings (SSSR count). The summed E-state index contributed by atoms with van der Waals surface area (Å²) >= 11 is 0. The zero-order valence-corrected chi connectivity index (χ0v) is 17.3. The molecule has 0 radical (unpaired) electrons. The number of amides is 3. The Morgan fingerprint density at radius 3 is 2.27 bits per heavy atom. The minimum Gasteiger partial charge on any atom is -0.383 e. The van der Waals surface area contributed by atoms with Gasteiger partial charge in [0.2, 0.25) is 11.8 Å². The SMILES string of the molecule is CCCC(=O)Nc1cccc(NC(=O)CNc2cccc(C(=O)NCCOC)c2)c1. The maximum absolute atomic E-state index is 12.3. The first-order valence-electron chi connectivity index (χ1n) is 9.82. The predicted molar refractivity (Wildman–Crippen MR) is 118 cm³/mol. The second-order valence-electron chi connectivity index (χ2n) is 6.61. The first-order valence-corrected chi connectivity index (χ1v) is 9.82. The Bertz CT molecular complexity index is 870. The normalized spacial score (nSPS) is 10.2. The summed E-state index contributed by atoms with van der Waals surface area (Å²) in [6, 6.07) is 13.9. The topological polar surface area (TPSA) is 109 Å². The molecule has 0 unspecified atom stereocenters. The van der Waals surface area contributed by atoms with Gasteiger partial charge in [0.25, 0.3) is 5.91 Å². The van der Waals surface area contributed by atoms with Crippen molar-refractivity contribution in [3.8, 4) is 0 Å². The molecule has 0 atom stereocenters. The maximum Gasteiger partial charge on any atom is 0.251 e. The van der Waals surface area contributed by atoms with E-state index in [-0.39, 0.29) is 24.3 Å². The van der Waals surface area contributed by atoms with E-state index in [4.69, 9.17) is 4.74 Å². The highest BCUT2D eigenvalue weighted by molar-refractivity contribution is 5.97. The fourth-order valence-corrected chi connectivity index (χ4v) is 2.65. The Hall–Kier alpha value is -3.39. The van der Waals surface area contributed by atoms with Crippen molar-refractivity contribution in [2.75, 3.05) is 42.8 Å². The van der Waals surface area contributed by atoms with E-state index >= 15 is 0 Å². The van der Waals surface area contributed by atoms with Crippen molar-refractivity contribution in [2.24, 2.45) is 0 Å². The molecule has 160 valence electrons. The van der Waals surface area contributed by atoms with E-state index in [1.165, 1.54) is 0 Å². The molecule has 0 bridgehead atoms. The van der Waals surface area contributed by atoms with Gasteiger partial charge in [0.05, 0.1) is 13.2 Å². The van der Waals surface area contributed by atoms with Gasteiger partial charge < -0.3 is 26.0 Å². The minimum absolute atomic E-state index is 0.0289. The van der Waals surface area contributed by atoms with Crippen LogP contribution >= 0.6 is 0 Å². The maximum atomic E-state index is 12.3. The van der Waals surface area contributed by atoms with Gasteiger partial charge in [0, 0.05) is 42.7 Å². The number of nitrogens with one attached hydrogen (secondary N) is 4. The fraction of sp³-hybridized carbons (Fsp3) is 0.318. The molecule has 2 aromatic carbocycles. The van der Waals surface area contributed by atoms with Crippen molar-refractivity contribution in [1.29, 1.82) is 0 Å². The molecule has 0 saturated carbocycles. The van der Waals surface area contributed by atoms with Gasteiger partial charge in [0.1, 0.15) is 0 Å². The standard InChI is InChI=1S/C22H28N4O4/c1-3-6-20(27)25-18-9-5-10-19(14-18)26-21(28)15-24-17-8-4-7-16(13-17)22(29)23-11-12-30-2/h4-5,7-10,13-14,24H,3,6,11-12,15H2,1-2H3,(H,23,29)(H,25,27)(H,26,28). The Labute approximate surface area is 176 Å². The zero-order chi connectivity index (χ0) is 21.8. The molecule has 0 saturated heterocycles. The lowest BCUT2D eigenvalue weighted by Gasteiger charge is -2.11. The van der Waals surface area contributed by atoms with Crippen molar-refractivity contribution < 1.29 is 19.1 Å². The van der Waals surface area contributed by atoms with Gasteiger partial charge in [-0.2, -0.15) is 0 Å². The van der Waals surface area contributed by atoms with Crippen LogP contribution in [0, 0.1) is 0 Å². The van der Waals surface area contributed by atoms with Crippen LogP contribution in [-0.2, 0) is 14.3 Å². The van der Waals surface area contributed by atoms with Crippen LogP contribution in [0.25, 0.3) is 0 Å². The first kappa shape index (κ1) is 22.9. The van der Waals surface area contributed by atoms with E-state index in [2.05, 4.69) is 21.3 Å². The largest absolute Gasteiger partial charge is 0.383 e. The second kappa shape index (κ2) is 12.2. The number of hydrogen-bond donors (Lipinski definition) is 4. The highest BCUT2D eigenvalue weighted by Gasteiger charge is 2.08. The van der Waals surface area contributed by atoms with Crippen LogP contribution in [0.4, 0.5) is 17.1 Å². The molecule has 3 amide bonds. The lowest BCUT2D eigenvalue weighted by atomic mass is 10.2. The van der Waals surface area contributed by atoms with E-state index in [9.17, 15) is 14.4 Å². The van der Waals surface area contributed by atoms with E-state index < -0.39 is 0 Å².